The summed E-state index contributed by atoms with van der Waals surface area (Å²) in [5.74, 6) is -0.498. The average Bonchev–Trinajstić information content (AvgIpc) is 2.29. The van der Waals surface area contributed by atoms with Crippen LogP contribution in [0.4, 0.5) is 18.9 Å². The number of alkyl halides is 3. The highest BCUT2D eigenvalue weighted by atomic mass is 35.5. The van der Waals surface area contributed by atoms with Crippen LogP contribution in [-0.2, 0) is 15.7 Å². The van der Waals surface area contributed by atoms with E-state index in [0.29, 0.717) is 0 Å². The summed E-state index contributed by atoms with van der Waals surface area (Å²) in [5.41, 5.74) is -0.981. The van der Waals surface area contributed by atoms with Crippen LogP contribution in [0, 0.1) is 0 Å². The average molecular weight is 296 g/mol. The van der Waals surface area contributed by atoms with Crippen LogP contribution >= 0.6 is 11.6 Å². The van der Waals surface area contributed by atoms with Crippen molar-refractivity contribution in [3.8, 4) is 0 Å². The molecule has 0 spiro atoms. The van der Waals surface area contributed by atoms with Crippen molar-refractivity contribution in [1.82, 2.24) is 0 Å². The molecule has 1 aromatic carbocycles. The highest BCUT2D eigenvalue weighted by Crippen LogP contribution is 2.36. The van der Waals surface area contributed by atoms with Gasteiger partial charge < -0.3 is 10.1 Å². The SMILES string of the molecule is COC(=O)CC(C)Nc1ccc(Cl)cc1C(F)(F)F. The van der Waals surface area contributed by atoms with E-state index in [9.17, 15) is 18.0 Å². The lowest BCUT2D eigenvalue weighted by Crippen LogP contribution is -2.22. The molecule has 3 nitrogen and oxygen atoms in total. The fourth-order valence-electron chi connectivity index (χ4n) is 1.53. The number of ether oxygens (including phenoxy) is 1. The van der Waals surface area contributed by atoms with E-state index < -0.39 is 23.8 Å². The molecule has 0 aliphatic carbocycles. The molecule has 1 unspecified atom stereocenters. The standard InChI is InChI=1S/C12H13ClF3NO2/c1-7(5-11(18)19-2)17-10-4-3-8(13)6-9(10)12(14,15)16/h3-4,6-7,17H,5H2,1-2H3. The molecule has 1 atom stereocenters. The predicted molar refractivity (Wildman–Crippen MR) is 66.2 cm³/mol. The summed E-state index contributed by atoms with van der Waals surface area (Å²) in [5, 5.41) is 2.63. The van der Waals surface area contributed by atoms with Gasteiger partial charge in [0.2, 0.25) is 0 Å². The molecule has 0 bridgehead atoms. The third-order valence-electron chi connectivity index (χ3n) is 2.39. The van der Waals surface area contributed by atoms with Gasteiger partial charge in [-0.1, -0.05) is 11.6 Å². The predicted octanol–water partition coefficient (Wildman–Crippen LogP) is 3.72. The van der Waals surface area contributed by atoms with Crippen molar-refractivity contribution in [2.24, 2.45) is 0 Å². The van der Waals surface area contributed by atoms with Gasteiger partial charge in [-0.2, -0.15) is 13.2 Å². The molecule has 1 rings (SSSR count). The molecule has 1 aromatic rings. The highest BCUT2D eigenvalue weighted by Gasteiger charge is 2.34. The second-order valence-corrected chi connectivity index (χ2v) is 4.45. The lowest BCUT2D eigenvalue weighted by Gasteiger charge is -2.19. The molecule has 0 heterocycles. The Labute approximate surface area is 113 Å². The van der Waals surface area contributed by atoms with Crippen LogP contribution in [0.15, 0.2) is 18.2 Å². The Balaban J connectivity index is 2.92. The number of benzene rings is 1. The highest BCUT2D eigenvalue weighted by molar-refractivity contribution is 6.30. The zero-order chi connectivity index (χ0) is 14.6. The van der Waals surface area contributed by atoms with Gasteiger partial charge >= 0.3 is 12.1 Å². The molecule has 0 saturated heterocycles. The lowest BCUT2D eigenvalue weighted by atomic mass is 10.1. The third kappa shape index (κ3) is 4.63. The Morgan fingerprint density at radius 3 is 2.63 bits per heavy atom. The molecule has 0 radical (unpaired) electrons. The Hall–Kier alpha value is -1.43. The van der Waals surface area contributed by atoms with E-state index in [4.69, 9.17) is 11.6 Å². The molecule has 0 aromatic heterocycles. The summed E-state index contributed by atoms with van der Waals surface area (Å²) in [6, 6.07) is 2.94. The molecule has 0 amide bonds. The number of hydrogen-bond acceptors (Lipinski definition) is 3. The minimum Gasteiger partial charge on any atom is -0.469 e. The molecule has 0 aliphatic heterocycles. The van der Waals surface area contributed by atoms with Crippen LogP contribution in [0.25, 0.3) is 0 Å². The molecule has 0 saturated carbocycles. The first-order valence-corrected chi connectivity index (χ1v) is 5.82. The lowest BCUT2D eigenvalue weighted by molar-refractivity contribution is -0.140. The molecule has 19 heavy (non-hydrogen) atoms. The summed E-state index contributed by atoms with van der Waals surface area (Å²) in [4.78, 5) is 11.0. The topological polar surface area (TPSA) is 38.3 Å². The number of anilines is 1. The monoisotopic (exact) mass is 295 g/mol. The molecule has 7 heteroatoms. The molecule has 1 N–H and O–H groups in total. The summed E-state index contributed by atoms with van der Waals surface area (Å²) in [7, 11) is 1.22. The Bertz CT molecular complexity index is 463. The van der Waals surface area contributed by atoms with E-state index in [1.807, 2.05) is 0 Å². The molecule has 0 fully saturated rings. The number of rotatable bonds is 4. The summed E-state index contributed by atoms with van der Waals surface area (Å²) >= 11 is 5.56. The van der Waals surface area contributed by atoms with Crippen LogP contribution in [0.2, 0.25) is 5.02 Å². The summed E-state index contributed by atoms with van der Waals surface area (Å²) in [6.45, 7) is 1.59. The number of hydrogen-bond donors (Lipinski definition) is 1. The maximum absolute atomic E-state index is 12.8. The van der Waals surface area contributed by atoms with Crippen LogP contribution in [0.3, 0.4) is 0 Å². The molecular formula is C12H13ClF3NO2. The van der Waals surface area contributed by atoms with Crippen molar-refractivity contribution in [3.05, 3.63) is 28.8 Å². The Kier molecular flexibility index (Phi) is 5.05. The van der Waals surface area contributed by atoms with Crippen LogP contribution in [-0.4, -0.2) is 19.1 Å². The van der Waals surface area contributed by atoms with Gasteiger partial charge in [0, 0.05) is 16.8 Å². The Morgan fingerprint density at radius 2 is 2.11 bits per heavy atom. The van der Waals surface area contributed by atoms with Gasteiger partial charge in [0.1, 0.15) is 0 Å². The van der Waals surface area contributed by atoms with Crippen molar-refractivity contribution in [1.29, 1.82) is 0 Å². The summed E-state index contributed by atoms with van der Waals surface area (Å²) < 4.78 is 42.9. The van der Waals surface area contributed by atoms with E-state index in [0.717, 1.165) is 6.07 Å². The first-order chi connectivity index (χ1) is 8.74. The van der Waals surface area contributed by atoms with Gasteiger partial charge in [-0.05, 0) is 25.1 Å². The normalized spacial score (nSPS) is 12.9. The second kappa shape index (κ2) is 6.14. The van der Waals surface area contributed by atoms with Gasteiger partial charge in [-0.15, -0.1) is 0 Å². The first kappa shape index (κ1) is 15.6. The zero-order valence-corrected chi connectivity index (χ0v) is 11.1. The zero-order valence-electron chi connectivity index (χ0n) is 10.3. The van der Waals surface area contributed by atoms with Crippen molar-refractivity contribution < 1.29 is 22.7 Å². The quantitative estimate of drug-likeness (QED) is 0.860. The molecular weight excluding hydrogens is 283 g/mol. The van der Waals surface area contributed by atoms with Crippen LogP contribution in [0.1, 0.15) is 18.9 Å². The number of methoxy groups -OCH3 is 1. The Morgan fingerprint density at radius 1 is 1.47 bits per heavy atom. The number of nitrogens with one attached hydrogen (secondary N) is 1. The number of halogens is 4. The van der Waals surface area contributed by atoms with E-state index >= 15 is 0 Å². The van der Waals surface area contributed by atoms with Crippen molar-refractivity contribution in [2.75, 3.05) is 12.4 Å². The summed E-state index contributed by atoms with van der Waals surface area (Å²) in [6.07, 6.45) is -4.55. The number of carbonyl (C=O) groups excluding carboxylic acids is 1. The van der Waals surface area contributed by atoms with Gasteiger partial charge in [0.15, 0.2) is 0 Å². The molecule has 0 aliphatic rings. The van der Waals surface area contributed by atoms with Gasteiger partial charge in [0.05, 0.1) is 19.1 Å². The van der Waals surface area contributed by atoms with E-state index in [1.165, 1.54) is 19.2 Å². The van der Waals surface area contributed by atoms with E-state index in [1.54, 1.807) is 6.92 Å². The van der Waals surface area contributed by atoms with Crippen molar-refractivity contribution in [2.45, 2.75) is 25.6 Å². The first-order valence-electron chi connectivity index (χ1n) is 5.44. The fraction of sp³-hybridized carbons (Fsp3) is 0.417. The van der Waals surface area contributed by atoms with E-state index in [2.05, 4.69) is 10.1 Å². The maximum Gasteiger partial charge on any atom is 0.418 e. The smallest absolute Gasteiger partial charge is 0.418 e. The van der Waals surface area contributed by atoms with Crippen LogP contribution in [0.5, 0.6) is 0 Å². The minimum atomic E-state index is -4.52. The van der Waals surface area contributed by atoms with Crippen molar-refractivity contribution in [3.63, 3.8) is 0 Å². The largest absolute Gasteiger partial charge is 0.469 e. The third-order valence-corrected chi connectivity index (χ3v) is 2.62. The van der Waals surface area contributed by atoms with Crippen molar-refractivity contribution >= 4 is 23.3 Å². The van der Waals surface area contributed by atoms with E-state index in [-0.39, 0.29) is 17.1 Å². The van der Waals surface area contributed by atoms with Gasteiger partial charge in [-0.3, -0.25) is 4.79 Å². The fourth-order valence-corrected chi connectivity index (χ4v) is 1.70. The van der Waals surface area contributed by atoms with Crippen LogP contribution < -0.4 is 5.32 Å². The molecule has 106 valence electrons. The number of carbonyl (C=O) groups is 1. The second-order valence-electron chi connectivity index (χ2n) is 4.01. The minimum absolute atomic E-state index is 0.00139. The van der Waals surface area contributed by atoms with Gasteiger partial charge in [0.25, 0.3) is 0 Å². The van der Waals surface area contributed by atoms with Gasteiger partial charge in [-0.25, -0.2) is 0 Å². The maximum atomic E-state index is 12.8. The number of esters is 1.